The van der Waals surface area contributed by atoms with Gasteiger partial charge in [-0.15, -0.1) is 0 Å². The Morgan fingerprint density at radius 3 is 1.73 bits per heavy atom. The lowest BCUT2D eigenvalue weighted by atomic mass is 10.1. The molecule has 1 aromatic carbocycles. The predicted molar refractivity (Wildman–Crippen MR) is 69.2 cm³/mol. The molecule has 0 amide bonds. The first-order valence-electron chi connectivity index (χ1n) is 4.13. The molecule has 0 bridgehead atoms. The highest BCUT2D eigenvalue weighted by atomic mass is 35.6. The molecule has 0 aliphatic rings. The van der Waals surface area contributed by atoms with Crippen LogP contribution in [0.1, 0.15) is 18.1 Å². The van der Waals surface area contributed by atoms with Crippen LogP contribution < -0.4 is 0 Å². The average Bonchev–Trinajstić information content (AvgIpc) is 2.16. The number of hydrogen-bond donors (Lipinski definition) is 0. The van der Waals surface area contributed by atoms with Crippen molar-refractivity contribution in [1.29, 1.82) is 0 Å². The number of halogens is 5. The molecule has 0 unspecified atom stereocenters. The maximum Gasteiger partial charge on any atom is 0.227 e. The summed E-state index contributed by atoms with van der Waals surface area (Å²) in [6, 6.07) is 7.17. The molecule has 5 heteroatoms. The lowest BCUT2D eigenvalue weighted by Gasteiger charge is -2.27. The molecule has 1 rings (SSSR count). The monoisotopic (exact) mass is 303 g/mol. The largest absolute Gasteiger partial charge is 0.227 e. The van der Waals surface area contributed by atoms with Gasteiger partial charge in [-0.05, 0) is 17.5 Å². The van der Waals surface area contributed by atoms with Gasteiger partial charge in [-0.25, -0.2) is 0 Å². The summed E-state index contributed by atoms with van der Waals surface area (Å²) in [5.74, 6) is 0. The summed E-state index contributed by atoms with van der Waals surface area (Å²) in [5, 5.41) is 0. The molecule has 0 aliphatic carbocycles. The van der Waals surface area contributed by atoms with Crippen LogP contribution in [0, 0.1) is 6.42 Å². The van der Waals surface area contributed by atoms with E-state index in [0.29, 0.717) is 5.56 Å². The standard InChI is InChI=1S/C10H8Cl5/c1-2-7-3-5-8(6-4-7)9(11,12)10(13,14)15/h2-6H,1H3. The highest BCUT2D eigenvalue weighted by Gasteiger charge is 2.47. The van der Waals surface area contributed by atoms with E-state index < -0.39 is 8.13 Å². The minimum atomic E-state index is -1.77. The van der Waals surface area contributed by atoms with E-state index in [0.717, 1.165) is 5.56 Å². The van der Waals surface area contributed by atoms with E-state index in [2.05, 4.69) is 0 Å². The van der Waals surface area contributed by atoms with Crippen LogP contribution in [0.25, 0.3) is 0 Å². The Bertz CT molecular complexity index is 323. The zero-order valence-corrected chi connectivity index (χ0v) is 11.6. The third-order valence-electron chi connectivity index (χ3n) is 1.96. The van der Waals surface area contributed by atoms with Crippen molar-refractivity contribution in [1.82, 2.24) is 0 Å². The molecule has 0 saturated carbocycles. The molecule has 0 aliphatic heterocycles. The Morgan fingerprint density at radius 1 is 0.933 bits per heavy atom. The second kappa shape index (κ2) is 4.89. The Labute approximate surface area is 114 Å². The van der Waals surface area contributed by atoms with Gasteiger partial charge < -0.3 is 0 Å². The highest BCUT2D eigenvalue weighted by molar-refractivity contribution is 6.75. The van der Waals surface area contributed by atoms with Gasteiger partial charge in [0, 0.05) is 0 Å². The van der Waals surface area contributed by atoms with Crippen molar-refractivity contribution in [3.63, 3.8) is 0 Å². The molecule has 0 nitrogen and oxygen atoms in total. The Balaban J connectivity index is 3.06. The van der Waals surface area contributed by atoms with Crippen LogP contribution in [0.5, 0.6) is 0 Å². The van der Waals surface area contributed by atoms with Gasteiger partial charge in [0.2, 0.25) is 3.79 Å². The molecule has 1 radical (unpaired) electrons. The summed E-state index contributed by atoms with van der Waals surface area (Å²) < 4.78 is -3.32. The zero-order valence-electron chi connectivity index (χ0n) is 7.78. The normalized spacial score (nSPS) is 12.9. The first-order chi connectivity index (χ1) is 6.79. The molecule has 1 aromatic rings. The summed E-state index contributed by atoms with van der Waals surface area (Å²) in [6.45, 7) is 1.93. The topological polar surface area (TPSA) is 0 Å². The molecule has 0 heterocycles. The second-order valence-corrected chi connectivity index (χ2v) is 6.59. The zero-order chi connectivity index (χ0) is 11.7. The molecule has 83 valence electrons. The van der Waals surface area contributed by atoms with Crippen molar-refractivity contribution in [3.05, 3.63) is 41.8 Å². The smallest absolute Gasteiger partial charge is 0.0915 e. The van der Waals surface area contributed by atoms with E-state index in [-0.39, 0.29) is 0 Å². The maximum atomic E-state index is 5.99. The lowest BCUT2D eigenvalue weighted by Crippen LogP contribution is -2.28. The minimum absolute atomic E-state index is 0.552. The van der Waals surface area contributed by atoms with Crippen LogP contribution in [0.3, 0.4) is 0 Å². The molecule has 15 heavy (non-hydrogen) atoms. The maximum absolute atomic E-state index is 5.99. The van der Waals surface area contributed by atoms with E-state index in [1.807, 2.05) is 25.5 Å². The lowest BCUT2D eigenvalue weighted by molar-refractivity contribution is 0.877. The first kappa shape index (κ1) is 13.7. The third-order valence-corrected chi connectivity index (χ3v) is 4.40. The molecule has 0 fully saturated rings. The second-order valence-electron chi connectivity index (χ2n) is 2.98. The van der Waals surface area contributed by atoms with E-state index in [1.165, 1.54) is 0 Å². The Hall–Kier alpha value is 0.670. The summed E-state index contributed by atoms with van der Waals surface area (Å²) >= 11 is 29.1. The van der Waals surface area contributed by atoms with Gasteiger partial charge in [-0.1, -0.05) is 89.2 Å². The number of alkyl halides is 5. The summed E-state index contributed by atoms with van der Waals surface area (Å²) in [4.78, 5) is 0. The van der Waals surface area contributed by atoms with Crippen LogP contribution in [0.2, 0.25) is 0 Å². The van der Waals surface area contributed by atoms with Crippen molar-refractivity contribution < 1.29 is 0 Å². The van der Waals surface area contributed by atoms with Crippen molar-refractivity contribution in [2.75, 3.05) is 0 Å². The molecular formula is C10H8Cl5. The molecule has 0 atom stereocenters. The Morgan fingerprint density at radius 2 is 1.40 bits per heavy atom. The van der Waals surface area contributed by atoms with E-state index in [9.17, 15) is 0 Å². The van der Waals surface area contributed by atoms with Gasteiger partial charge >= 0.3 is 0 Å². The van der Waals surface area contributed by atoms with E-state index >= 15 is 0 Å². The average molecular weight is 305 g/mol. The van der Waals surface area contributed by atoms with Crippen molar-refractivity contribution >= 4 is 58.0 Å². The fourth-order valence-electron chi connectivity index (χ4n) is 1.05. The summed E-state index contributed by atoms with van der Waals surface area (Å²) in [6.07, 6.45) is 1.95. The summed E-state index contributed by atoms with van der Waals surface area (Å²) in [7, 11) is 0. The fourth-order valence-corrected chi connectivity index (χ4v) is 1.63. The molecule has 0 spiro atoms. The molecule has 0 aromatic heterocycles. The van der Waals surface area contributed by atoms with Crippen LogP contribution >= 0.6 is 58.0 Å². The molecule has 0 saturated heterocycles. The Kier molecular flexibility index (Phi) is 4.48. The van der Waals surface area contributed by atoms with Gasteiger partial charge in [0.05, 0.1) is 0 Å². The number of hydrogen-bond acceptors (Lipinski definition) is 0. The first-order valence-corrected chi connectivity index (χ1v) is 6.02. The molecule has 0 N–H and O–H groups in total. The highest BCUT2D eigenvalue weighted by Crippen LogP contribution is 2.52. The fraction of sp³-hybridized carbons (Fsp3) is 0.300. The quantitative estimate of drug-likeness (QED) is 0.654. The van der Waals surface area contributed by atoms with Gasteiger partial charge in [-0.3, -0.25) is 0 Å². The van der Waals surface area contributed by atoms with Gasteiger partial charge in [-0.2, -0.15) is 0 Å². The number of rotatable bonds is 2. The molecular weight excluding hydrogens is 297 g/mol. The van der Waals surface area contributed by atoms with E-state index in [1.54, 1.807) is 12.1 Å². The van der Waals surface area contributed by atoms with Gasteiger partial charge in [0.1, 0.15) is 0 Å². The minimum Gasteiger partial charge on any atom is -0.0915 e. The van der Waals surface area contributed by atoms with Gasteiger partial charge in [0.25, 0.3) is 0 Å². The summed E-state index contributed by atoms with van der Waals surface area (Å²) in [5.41, 5.74) is 1.60. The number of benzene rings is 1. The van der Waals surface area contributed by atoms with Crippen molar-refractivity contribution in [2.45, 2.75) is 15.0 Å². The van der Waals surface area contributed by atoms with Crippen molar-refractivity contribution in [2.24, 2.45) is 0 Å². The van der Waals surface area contributed by atoms with Crippen LogP contribution in [-0.4, -0.2) is 3.79 Å². The van der Waals surface area contributed by atoms with Crippen molar-refractivity contribution in [3.8, 4) is 0 Å². The van der Waals surface area contributed by atoms with Crippen LogP contribution in [0.4, 0.5) is 0 Å². The third kappa shape index (κ3) is 3.08. The van der Waals surface area contributed by atoms with Gasteiger partial charge in [0.15, 0.2) is 4.33 Å². The van der Waals surface area contributed by atoms with Crippen LogP contribution in [-0.2, 0) is 4.33 Å². The van der Waals surface area contributed by atoms with Crippen LogP contribution in [0.15, 0.2) is 24.3 Å². The predicted octanol–water partition coefficient (Wildman–Crippen LogP) is 5.26. The SMILES string of the molecule is C[CH]c1ccc(C(Cl)(Cl)C(Cl)(Cl)Cl)cc1. The van der Waals surface area contributed by atoms with E-state index in [4.69, 9.17) is 58.0 Å².